The normalized spacial score (nSPS) is 22.7. The minimum Gasteiger partial charge on any atom is -0.381 e. The number of hydrogen-bond donors (Lipinski definition) is 1. The van der Waals surface area contributed by atoms with Crippen molar-refractivity contribution in [3.63, 3.8) is 0 Å². The third kappa shape index (κ3) is 4.65. The molecule has 1 fully saturated rings. The van der Waals surface area contributed by atoms with Gasteiger partial charge in [-0.1, -0.05) is 26.2 Å². The Labute approximate surface area is 92.6 Å². The third-order valence-corrected chi connectivity index (χ3v) is 2.93. The molecule has 1 rings (SSSR count). The molecule has 0 aliphatic carbocycles. The zero-order chi connectivity index (χ0) is 11.1. The molecule has 0 spiro atoms. The Hall–Kier alpha value is -0.570. The van der Waals surface area contributed by atoms with Gasteiger partial charge in [-0.25, -0.2) is 0 Å². The molecule has 15 heavy (non-hydrogen) atoms. The maximum Gasteiger partial charge on any atom is 0.225 e. The SMILES string of the molecule is CCCCCC(C)NC(=O)C1CCOC1. The zero-order valence-electron chi connectivity index (χ0n) is 9.92. The van der Waals surface area contributed by atoms with E-state index in [9.17, 15) is 4.79 Å². The van der Waals surface area contributed by atoms with Crippen molar-refractivity contribution >= 4 is 5.91 Å². The van der Waals surface area contributed by atoms with Gasteiger partial charge >= 0.3 is 0 Å². The summed E-state index contributed by atoms with van der Waals surface area (Å²) >= 11 is 0. The summed E-state index contributed by atoms with van der Waals surface area (Å²) < 4.78 is 5.20. The summed E-state index contributed by atoms with van der Waals surface area (Å²) in [5, 5.41) is 3.06. The van der Waals surface area contributed by atoms with Crippen molar-refractivity contribution in [2.24, 2.45) is 5.92 Å². The Morgan fingerprint density at radius 3 is 2.93 bits per heavy atom. The van der Waals surface area contributed by atoms with Gasteiger partial charge in [-0.05, 0) is 19.8 Å². The first-order valence-electron chi connectivity index (χ1n) is 6.12. The van der Waals surface area contributed by atoms with Crippen LogP contribution in [0, 0.1) is 5.92 Å². The van der Waals surface area contributed by atoms with E-state index in [1.807, 2.05) is 0 Å². The Morgan fingerprint density at radius 2 is 2.33 bits per heavy atom. The van der Waals surface area contributed by atoms with Crippen LogP contribution < -0.4 is 5.32 Å². The highest BCUT2D eigenvalue weighted by molar-refractivity contribution is 5.79. The summed E-state index contributed by atoms with van der Waals surface area (Å²) in [5.41, 5.74) is 0. The Bertz CT molecular complexity index is 188. The average Bonchev–Trinajstić information content (AvgIpc) is 2.70. The lowest BCUT2D eigenvalue weighted by molar-refractivity contribution is -0.125. The molecule has 1 aliphatic heterocycles. The van der Waals surface area contributed by atoms with Gasteiger partial charge in [0.2, 0.25) is 5.91 Å². The van der Waals surface area contributed by atoms with Crippen LogP contribution >= 0.6 is 0 Å². The number of ether oxygens (including phenoxy) is 1. The molecule has 2 atom stereocenters. The first-order valence-corrected chi connectivity index (χ1v) is 6.12. The standard InChI is InChI=1S/C12H23NO2/c1-3-4-5-6-10(2)13-12(14)11-7-8-15-9-11/h10-11H,3-9H2,1-2H3,(H,13,14). The molecule has 0 bridgehead atoms. The molecule has 0 radical (unpaired) electrons. The van der Waals surface area contributed by atoms with E-state index in [1.54, 1.807) is 0 Å². The van der Waals surface area contributed by atoms with Crippen LogP contribution in [0.1, 0.15) is 46.0 Å². The Morgan fingerprint density at radius 1 is 1.53 bits per heavy atom. The Kier molecular flexibility index (Phi) is 5.69. The largest absolute Gasteiger partial charge is 0.381 e. The van der Waals surface area contributed by atoms with Crippen molar-refractivity contribution in [2.45, 2.75) is 52.0 Å². The van der Waals surface area contributed by atoms with Crippen molar-refractivity contribution in [3.8, 4) is 0 Å². The lowest BCUT2D eigenvalue weighted by Crippen LogP contribution is -2.37. The fourth-order valence-electron chi connectivity index (χ4n) is 1.87. The Balaban J connectivity index is 2.13. The molecule has 88 valence electrons. The molecule has 1 heterocycles. The van der Waals surface area contributed by atoms with Gasteiger partial charge in [-0.2, -0.15) is 0 Å². The summed E-state index contributed by atoms with van der Waals surface area (Å²) in [4.78, 5) is 11.7. The van der Waals surface area contributed by atoms with Gasteiger partial charge in [0, 0.05) is 12.6 Å². The van der Waals surface area contributed by atoms with Crippen molar-refractivity contribution in [2.75, 3.05) is 13.2 Å². The van der Waals surface area contributed by atoms with Gasteiger partial charge in [0.05, 0.1) is 12.5 Å². The molecule has 0 saturated carbocycles. The van der Waals surface area contributed by atoms with Gasteiger partial charge < -0.3 is 10.1 Å². The number of hydrogen-bond acceptors (Lipinski definition) is 2. The van der Waals surface area contributed by atoms with E-state index in [2.05, 4.69) is 19.2 Å². The van der Waals surface area contributed by atoms with Crippen molar-refractivity contribution in [3.05, 3.63) is 0 Å². The lowest BCUT2D eigenvalue weighted by atomic mass is 10.1. The fourth-order valence-corrected chi connectivity index (χ4v) is 1.87. The van der Waals surface area contributed by atoms with Crippen LogP contribution in [-0.4, -0.2) is 25.2 Å². The monoisotopic (exact) mass is 213 g/mol. The predicted octanol–water partition coefficient (Wildman–Crippen LogP) is 2.11. The lowest BCUT2D eigenvalue weighted by Gasteiger charge is -2.16. The minimum absolute atomic E-state index is 0.0959. The number of rotatable bonds is 6. The van der Waals surface area contributed by atoms with Crippen LogP contribution in [0.3, 0.4) is 0 Å². The summed E-state index contributed by atoms with van der Waals surface area (Å²) in [6.07, 6.45) is 5.67. The van der Waals surface area contributed by atoms with E-state index in [-0.39, 0.29) is 11.8 Å². The molecule has 1 saturated heterocycles. The second kappa shape index (κ2) is 6.83. The van der Waals surface area contributed by atoms with Gasteiger partial charge in [0.25, 0.3) is 0 Å². The second-order valence-corrected chi connectivity index (χ2v) is 4.47. The zero-order valence-corrected chi connectivity index (χ0v) is 9.92. The quantitative estimate of drug-likeness (QED) is 0.686. The number of carbonyl (C=O) groups is 1. The molecule has 0 aromatic carbocycles. The highest BCUT2D eigenvalue weighted by atomic mass is 16.5. The summed E-state index contributed by atoms with van der Waals surface area (Å²) in [6, 6.07) is 0.310. The molecular formula is C12H23NO2. The van der Waals surface area contributed by atoms with E-state index in [1.165, 1.54) is 19.3 Å². The van der Waals surface area contributed by atoms with E-state index in [0.29, 0.717) is 12.6 Å². The first-order chi connectivity index (χ1) is 7.24. The van der Waals surface area contributed by atoms with E-state index >= 15 is 0 Å². The van der Waals surface area contributed by atoms with Crippen LogP contribution in [0.25, 0.3) is 0 Å². The van der Waals surface area contributed by atoms with Crippen LogP contribution in [0.5, 0.6) is 0 Å². The highest BCUT2D eigenvalue weighted by Crippen LogP contribution is 2.13. The number of carbonyl (C=O) groups excluding carboxylic acids is 1. The summed E-state index contributed by atoms with van der Waals surface area (Å²) in [5.74, 6) is 0.273. The van der Waals surface area contributed by atoms with Crippen LogP contribution in [0.4, 0.5) is 0 Å². The average molecular weight is 213 g/mol. The fraction of sp³-hybridized carbons (Fsp3) is 0.917. The molecule has 3 nitrogen and oxygen atoms in total. The van der Waals surface area contributed by atoms with Gasteiger partial charge in [0.1, 0.15) is 0 Å². The van der Waals surface area contributed by atoms with Gasteiger partial charge in [-0.15, -0.1) is 0 Å². The maximum absolute atomic E-state index is 11.7. The number of unbranched alkanes of at least 4 members (excludes halogenated alkanes) is 2. The minimum atomic E-state index is 0.0959. The van der Waals surface area contributed by atoms with Crippen molar-refractivity contribution in [1.82, 2.24) is 5.32 Å². The van der Waals surface area contributed by atoms with E-state index in [0.717, 1.165) is 19.4 Å². The van der Waals surface area contributed by atoms with E-state index < -0.39 is 0 Å². The number of amides is 1. The molecule has 3 heteroatoms. The predicted molar refractivity (Wildman–Crippen MR) is 60.7 cm³/mol. The van der Waals surface area contributed by atoms with Gasteiger partial charge in [-0.3, -0.25) is 4.79 Å². The van der Waals surface area contributed by atoms with Crippen molar-refractivity contribution in [1.29, 1.82) is 0 Å². The van der Waals surface area contributed by atoms with Crippen LogP contribution in [0.2, 0.25) is 0 Å². The smallest absolute Gasteiger partial charge is 0.225 e. The molecule has 1 N–H and O–H groups in total. The summed E-state index contributed by atoms with van der Waals surface area (Å²) in [6.45, 7) is 5.62. The maximum atomic E-state index is 11.7. The summed E-state index contributed by atoms with van der Waals surface area (Å²) in [7, 11) is 0. The third-order valence-electron chi connectivity index (χ3n) is 2.93. The van der Waals surface area contributed by atoms with Crippen LogP contribution in [-0.2, 0) is 9.53 Å². The highest BCUT2D eigenvalue weighted by Gasteiger charge is 2.24. The molecule has 1 amide bonds. The molecule has 0 aromatic heterocycles. The second-order valence-electron chi connectivity index (χ2n) is 4.47. The van der Waals surface area contributed by atoms with Crippen molar-refractivity contribution < 1.29 is 9.53 Å². The molecule has 0 aromatic rings. The van der Waals surface area contributed by atoms with E-state index in [4.69, 9.17) is 4.74 Å². The number of nitrogens with one attached hydrogen (secondary N) is 1. The molecule has 2 unspecified atom stereocenters. The molecular weight excluding hydrogens is 190 g/mol. The first kappa shape index (κ1) is 12.5. The topological polar surface area (TPSA) is 38.3 Å². The van der Waals surface area contributed by atoms with Crippen LogP contribution in [0.15, 0.2) is 0 Å². The van der Waals surface area contributed by atoms with Gasteiger partial charge in [0.15, 0.2) is 0 Å². The molecule has 1 aliphatic rings.